The first-order chi connectivity index (χ1) is 14.8. The second-order valence-corrected chi connectivity index (χ2v) is 8.79. The third-order valence-electron chi connectivity index (χ3n) is 5.90. The maximum atomic E-state index is 11.9. The molecule has 0 aliphatic rings. The van der Waals surface area contributed by atoms with Gasteiger partial charge in [-0.1, -0.05) is 103 Å². The summed E-state index contributed by atoms with van der Waals surface area (Å²) in [6, 6.07) is 0. The van der Waals surface area contributed by atoms with Gasteiger partial charge in [0.1, 0.15) is 18.3 Å². The number of unbranched alkanes of at least 4 members (excludes halogenated alkanes) is 15. The Morgan fingerprint density at radius 3 is 1.26 bits per heavy atom. The predicted octanol–water partition coefficient (Wildman–Crippen LogP) is 3.14. The zero-order valence-corrected chi connectivity index (χ0v) is 19.5. The molecule has 31 heavy (non-hydrogen) atoms. The minimum absolute atomic E-state index is 0.0794. The van der Waals surface area contributed by atoms with Crippen LogP contribution in [0.15, 0.2) is 0 Å². The Balaban J connectivity index is 3.56. The summed E-state index contributed by atoms with van der Waals surface area (Å²) in [6.45, 7) is 2.25. The van der Waals surface area contributed by atoms with Crippen LogP contribution in [0.4, 0.5) is 0 Å². The number of hydrogen-bond acceptors (Lipinski definition) is 6. The third-order valence-corrected chi connectivity index (χ3v) is 5.90. The number of amides is 1. The summed E-state index contributed by atoms with van der Waals surface area (Å²) in [6.07, 6.45) is 11.8. The topological polar surface area (TPSA) is 141 Å². The lowest BCUT2D eigenvalue weighted by molar-refractivity contribution is -0.152. The van der Waals surface area contributed by atoms with E-state index in [9.17, 15) is 30.0 Å². The minimum Gasteiger partial charge on any atom is -0.387 e. The smallest absolute Gasteiger partial charge is 0.249 e. The number of Topliss-reactive ketones (excluding diaryl/α,β-unsaturated/α-hetero) is 1. The maximum absolute atomic E-state index is 11.9. The minimum atomic E-state index is -2.03. The van der Waals surface area contributed by atoms with Crippen molar-refractivity contribution < 1.29 is 30.0 Å². The van der Waals surface area contributed by atoms with Crippen molar-refractivity contribution in [2.45, 2.75) is 140 Å². The molecule has 0 aromatic rings. The number of aliphatic hydroxyl groups is 4. The van der Waals surface area contributed by atoms with E-state index in [0.29, 0.717) is 6.42 Å². The fraction of sp³-hybridized carbons (Fsp3) is 0.917. The van der Waals surface area contributed by atoms with Crippen molar-refractivity contribution in [3.63, 3.8) is 0 Å². The van der Waals surface area contributed by atoms with Crippen LogP contribution in [0.3, 0.4) is 0 Å². The molecule has 6 N–H and O–H groups in total. The lowest BCUT2D eigenvalue weighted by atomic mass is 9.97. The number of ketones is 1. The quantitative estimate of drug-likeness (QED) is 0.162. The van der Waals surface area contributed by atoms with E-state index >= 15 is 0 Å². The van der Waals surface area contributed by atoms with Crippen LogP contribution < -0.4 is 5.73 Å². The number of aliphatic hydroxyl groups excluding tert-OH is 4. The Labute approximate surface area is 188 Å². The standard InChI is InChI=1S/C24H47NO6/c1-2-3-4-5-6-7-8-9-10-11-12-13-14-15-16-17-18-19(26)20(27)21(28)22(29)23(30)24(25)31/h20-23,27-30H,2-18H2,1H3,(H2,25,31)/t20-,21+,22-,23-/m0/s1. The van der Waals surface area contributed by atoms with Crippen molar-refractivity contribution in [3.8, 4) is 0 Å². The molecule has 7 nitrogen and oxygen atoms in total. The summed E-state index contributed by atoms with van der Waals surface area (Å²) >= 11 is 0. The summed E-state index contributed by atoms with van der Waals surface area (Å²) in [4.78, 5) is 22.7. The van der Waals surface area contributed by atoms with Crippen molar-refractivity contribution in [1.82, 2.24) is 0 Å². The van der Waals surface area contributed by atoms with Crippen LogP contribution in [0.25, 0.3) is 0 Å². The number of carbonyl (C=O) groups is 2. The summed E-state index contributed by atoms with van der Waals surface area (Å²) in [5, 5.41) is 38.4. The number of nitrogens with two attached hydrogens (primary N) is 1. The lowest BCUT2D eigenvalue weighted by Crippen LogP contribution is -2.51. The van der Waals surface area contributed by atoms with Gasteiger partial charge in [0.2, 0.25) is 5.91 Å². The molecule has 0 aliphatic carbocycles. The first-order valence-electron chi connectivity index (χ1n) is 12.4. The predicted molar refractivity (Wildman–Crippen MR) is 122 cm³/mol. The van der Waals surface area contributed by atoms with Gasteiger partial charge in [0.15, 0.2) is 11.9 Å². The molecular formula is C24H47NO6. The van der Waals surface area contributed by atoms with Crippen LogP contribution in [0.2, 0.25) is 0 Å². The summed E-state index contributed by atoms with van der Waals surface area (Å²) in [7, 11) is 0. The Morgan fingerprint density at radius 1 is 0.581 bits per heavy atom. The highest BCUT2D eigenvalue weighted by Gasteiger charge is 2.36. The van der Waals surface area contributed by atoms with E-state index in [1.54, 1.807) is 0 Å². The number of rotatable bonds is 22. The fourth-order valence-electron chi connectivity index (χ4n) is 3.73. The molecule has 0 aromatic heterocycles. The van der Waals surface area contributed by atoms with Gasteiger partial charge in [0.25, 0.3) is 0 Å². The molecular weight excluding hydrogens is 398 g/mol. The molecule has 4 atom stereocenters. The SMILES string of the molecule is CCCCCCCCCCCCCCCCCCC(=O)[C@H](O)[C@@H](O)[C@H](O)[C@H](O)C(N)=O. The summed E-state index contributed by atoms with van der Waals surface area (Å²) < 4.78 is 0. The van der Waals surface area contributed by atoms with Crippen LogP contribution in [-0.2, 0) is 9.59 Å². The van der Waals surface area contributed by atoms with Gasteiger partial charge < -0.3 is 26.2 Å². The van der Waals surface area contributed by atoms with E-state index in [1.165, 1.54) is 77.0 Å². The zero-order valence-electron chi connectivity index (χ0n) is 19.5. The molecule has 0 unspecified atom stereocenters. The highest BCUT2D eigenvalue weighted by Crippen LogP contribution is 2.15. The molecule has 0 heterocycles. The van der Waals surface area contributed by atoms with Crippen molar-refractivity contribution in [3.05, 3.63) is 0 Å². The van der Waals surface area contributed by atoms with Crippen molar-refractivity contribution >= 4 is 11.7 Å². The summed E-state index contributed by atoms with van der Waals surface area (Å²) in [5.74, 6) is -1.85. The number of primary amides is 1. The van der Waals surface area contributed by atoms with Crippen LogP contribution in [0, 0.1) is 0 Å². The van der Waals surface area contributed by atoms with Gasteiger partial charge >= 0.3 is 0 Å². The van der Waals surface area contributed by atoms with Gasteiger partial charge in [0, 0.05) is 6.42 Å². The molecule has 0 aromatic carbocycles. The zero-order chi connectivity index (χ0) is 23.5. The molecule has 7 heteroatoms. The van der Waals surface area contributed by atoms with E-state index < -0.39 is 36.1 Å². The molecule has 0 radical (unpaired) electrons. The third kappa shape index (κ3) is 15.4. The van der Waals surface area contributed by atoms with Gasteiger partial charge in [-0.25, -0.2) is 0 Å². The van der Waals surface area contributed by atoms with Gasteiger partial charge in [-0.2, -0.15) is 0 Å². The van der Waals surface area contributed by atoms with Gasteiger partial charge in [-0.05, 0) is 6.42 Å². The molecule has 0 aliphatic heterocycles. The molecule has 0 saturated carbocycles. The van der Waals surface area contributed by atoms with Crippen LogP contribution in [-0.4, -0.2) is 56.5 Å². The van der Waals surface area contributed by atoms with Crippen molar-refractivity contribution in [1.29, 1.82) is 0 Å². The monoisotopic (exact) mass is 445 g/mol. The van der Waals surface area contributed by atoms with Gasteiger partial charge in [-0.3, -0.25) is 9.59 Å². The van der Waals surface area contributed by atoms with E-state index in [-0.39, 0.29) is 6.42 Å². The Morgan fingerprint density at radius 2 is 0.903 bits per heavy atom. The highest BCUT2D eigenvalue weighted by atomic mass is 16.4. The maximum Gasteiger partial charge on any atom is 0.249 e. The fourth-order valence-corrected chi connectivity index (χ4v) is 3.73. The number of hydrogen-bond donors (Lipinski definition) is 5. The normalized spacial score (nSPS) is 15.4. The molecule has 0 rings (SSSR count). The molecule has 0 saturated heterocycles. The second-order valence-electron chi connectivity index (χ2n) is 8.79. The first-order valence-corrected chi connectivity index (χ1v) is 12.4. The Hall–Kier alpha value is -1.02. The van der Waals surface area contributed by atoms with E-state index in [1.807, 2.05) is 0 Å². The highest BCUT2D eigenvalue weighted by molar-refractivity contribution is 5.84. The van der Waals surface area contributed by atoms with E-state index in [2.05, 4.69) is 6.92 Å². The van der Waals surface area contributed by atoms with Crippen molar-refractivity contribution in [2.24, 2.45) is 5.73 Å². The molecule has 184 valence electrons. The Bertz CT molecular complexity index is 459. The second kappa shape index (κ2) is 19.6. The molecule has 1 amide bonds. The van der Waals surface area contributed by atoms with Crippen LogP contribution in [0.5, 0.6) is 0 Å². The summed E-state index contributed by atoms with van der Waals surface area (Å²) in [5.41, 5.74) is 4.83. The average molecular weight is 446 g/mol. The molecule has 0 fully saturated rings. The van der Waals surface area contributed by atoms with E-state index in [4.69, 9.17) is 5.73 Å². The van der Waals surface area contributed by atoms with Crippen molar-refractivity contribution in [2.75, 3.05) is 0 Å². The number of carbonyl (C=O) groups excluding carboxylic acids is 2. The lowest BCUT2D eigenvalue weighted by Gasteiger charge is -2.24. The van der Waals surface area contributed by atoms with Gasteiger partial charge in [-0.15, -0.1) is 0 Å². The largest absolute Gasteiger partial charge is 0.387 e. The molecule has 0 spiro atoms. The van der Waals surface area contributed by atoms with Crippen LogP contribution in [0.1, 0.15) is 116 Å². The molecule has 0 bridgehead atoms. The van der Waals surface area contributed by atoms with Gasteiger partial charge in [0.05, 0.1) is 0 Å². The van der Waals surface area contributed by atoms with Crippen LogP contribution >= 0.6 is 0 Å². The first kappa shape index (κ1) is 30.0. The Kier molecular flexibility index (Phi) is 19.0. The average Bonchev–Trinajstić information content (AvgIpc) is 2.76. The van der Waals surface area contributed by atoms with E-state index in [0.717, 1.165) is 19.3 Å².